The molecule has 0 saturated carbocycles. The van der Waals surface area contributed by atoms with E-state index in [1.54, 1.807) is 0 Å². The maximum absolute atomic E-state index is 11.2. The highest BCUT2D eigenvalue weighted by atomic mass is 79.9. The van der Waals surface area contributed by atoms with Gasteiger partial charge in [0.15, 0.2) is 0 Å². The fourth-order valence-electron chi connectivity index (χ4n) is 2.31. The minimum absolute atomic E-state index is 0.412. The van der Waals surface area contributed by atoms with Gasteiger partial charge < -0.3 is 19.6 Å². The van der Waals surface area contributed by atoms with Crippen molar-refractivity contribution in [3.63, 3.8) is 0 Å². The SMILES string of the molecule is O=P(O)(O)C(NC1Cc2ccc(Br)cc2C1)P(=O)(O)O. The van der Waals surface area contributed by atoms with Crippen LogP contribution < -0.4 is 5.32 Å². The second-order valence-electron chi connectivity index (χ2n) is 4.74. The average Bonchev–Trinajstić information content (AvgIpc) is 2.64. The van der Waals surface area contributed by atoms with Crippen LogP contribution in [0.1, 0.15) is 11.1 Å². The highest BCUT2D eigenvalue weighted by Gasteiger charge is 2.45. The molecule has 5 N–H and O–H groups in total. The smallest absolute Gasteiger partial charge is 0.323 e. The quantitative estimate of drug-likeness (QED) is 0.492. The van der Waals surface area contributed by atoms with Gasteiger partial charge in [-0.15, -0.1) is 0 Å². The van der Waals surface area contributed by atoms with Crippen molar-refractivity contribution in [2.75, 3.05) is 0 Å². The Kier molecular flexibility index (Phi) is 4.60. The summed E-state index contributed by atoms with van der Waals surface area (Å²) in [5, 5.41) is 2.42. The maximum Gasteiger partial charge on any atom is 0.354 e. The van der Waals surface area contributed by atoms with Gasteiger partial charge in [-0.3, -0.25) is 14.4 Å². The zero-order chi connectivity index (χ0) is 15.1. The first-order valence-electron chi connectivity index (χ1n) is 5.71. The number of nitrogens with one attached hydrogen (secondary N) is 1. The van der Waals surface area contributed by atoms with Crippen LogP contribution in [0.3, 0.4) is 0 Å². The molecule has 0 amide bonds. The van der Waals surface area contributed by atoms with E-state index in [1.807, 2.05) is 18.2 Å². The van der Waals surface area contributed by atoms with Crippen molar-refractivity contribution in [2.24, 2.45) is 0 Å². The van der Waals surface area contributed by atoms with Crippen molar-refractivity contribution in [3.8, 4) is 0 Å². The molecule has 1 atom stereocenters. The summed E-state index contributed by atoms with van der Waals surface area (Å²) in [5.74, 6) is 0. The summed E-state index contributed by atoms with van der Waals surface area (Å²) < 4.78 is 23.3. The van der Waals surface area contributed by atoms with Crippen LogP contribution in [-0.4, -0.2) is 31.1 Å². The van der Waals surface area contributed by atoms with Crippen LogP contribution in [0.25, 0.3) is 0 Å². The molecule has 0 radical (unpaired) electrons. The standard InChI is InChI=1S/C10H14BrNO6P2/c11-8-2-1-6-4-9(5-7(6)3-8)12-10(19(13,14)15)20(16,17)18/h1-3,9-10,12H,4-5H2,(H2,13,14,15)(H2,16,17,18). The number of fused-ring (bicyclic) bond motifs is 1. The van der Waals surface area contributed by atoms with Gasteiger partial charge in [0.2, 0.25) is 5.52 Å². The summed E-state index contributed by atoms with van der Waals surface area (Å²) >= 11 is 3.33. The third-order valence-electron chi connectivity index (χ3n) is 3.12. The molecule has 0 aliphatic heterocycles. The molecular weight excluding hydrogens is 372 g/mol. The van der Waals surface area contributed by atoms with E-state index in [0.717, 1.165) is 15.6 Å². The summed E-state index contributed by atoms with van der Waals surface area (Å²) in [6.45, 7) is 0. The van der Waals surface area contributed by atoms with Crippen LogP contribution in [0.2, 0.25) is 0 Å². The Morgan fingerprint density at radius 1 is 1.10 bits per heavy atom. The largest absolute Gasteiger partial charge is 0.354 e. The maximum atomic E-state index is 11.2. The lowest BCUT2D eigenvalue weighted by Crippen LogP contribution is -2.38. The van der Waals surface area contributed by atoms with E-state index in [2.05, 4.69) is 21.2 Å². The summed E-state index contributed by atoms with van der Waals surface area (Å²) in [5.41, 5.74) is -0.161. The van der Waals surface area contributed by atoms with Crippen LogP contribution in [-0.2, 0) is 22.0 Å². The first-order valence-corrected chi connectivity index (χ1v) is 9.87. The monoisotopic (exact) mass is 385 g/mol. The molecule has 1 aliphatic carbocycles. The Bertz CT molecular complexity index is 590. The van der Waals surface area contributed by atoms with Gasteiger partial charge in [-0.25, -0.2) is 0 Å². The van der Waals surface area contributed by atoms with Crippen LogP contribution >= 0.6 is 31.1 Å². The third kappa shape index (κ3) is 3.78. The third-order valence-corrected chi connectivity index (χ3v) is 6.99. The molecule has 0 spiro atoms. The Morgan fingerprint density at radius 2 is 1.65 bits per heavy atom. The van der Waals surface area contributed by atoms with Gasteiger partial charge in [-0.1, -0.05) is 22.0 Å². The highest BCUT2D eigenvalue weighted by molar-refractivity contribution is 9.10. The zero-order valence-electron chi connectivity index (χ0n) is 10.2. The Labute approximate surface area is 123 Å². The van der Waals surface area contributed by atoms with Crippen molar-refractivity contribution in [1.82, 2.24) is 5.32 Å². The van der Waals surface area contributed by atoms with Gasteiger partial charge >= 0.3 is 15.2 Å². The summed E-state index contributed by atoms with van der Waals surface area (Å²) in [7, 11) is -9.88. The van der Waals surface area contributed by atoms with E-state index in [0.29, 0.717) is 12.8 Å². The van der Waals surface area contributed by atoms with Gasteiger partial charge in [0.25, 0.3) is 0 Å². The normalized spacial score (nSPS) is 19.4. The summed E-state index contributed by atoms with van der Waals surface area (Å²) in [4.78, 5) is 36.3. The van der Waals surface area contributed by atoms with Crippen LogP contribution in [0, 0.1) is 0 Å². The van der Waals surface area contributed by atoms with Crippen molar-refractivity contribution in [1.29, 1.82) is 0 Å². The van der Waals surface area contributed by atoms with E-state index in [4.69, 9.17) is 19.6 Å². The second kappa shape index (κ2) is 5.63. The van der Waals surface area contributed by atoms with Crippen molar-refractivity contribution in [2.45, 2.75) is 24.4 Å². The molecule has 20 heavy (non-hydrogen) atoms. The van der Waals surface area contributed by atoms with Gasteiger partial charge in [0.1, 0.15) is 0 Å². The van der Waals surface area contributed by atoms with E-state index in [9.17, 15) is 9.13 Å². The molecule has 0 fully saturated rings. The second-order valence-corrected chi connectivity index (χ2v) is 9.45. The summed E-state index contributed by atoms with van der Waals surface area (Å²) in [6.07, 6.45) is 0.935. The van der Waals surface area contributed by atoms with Gasteiger partial charge in [0.05, 0.1) is 0 Å². The first kappa shape index (κ1) is 16.3. The number of rotatable bonds is 4. The molecule has 1 unspecified atom stereocenters. The molecule has 1 aliphatic rings. The molecular formula is C10H14BrNO6P2. The molecule has 0 bridgehead atoms. The number of hydrogen-bond donors (Lipinski definition) is 5. The molecule has 0 heterocycles. The fourth-order valence-corrected chi connectivity index (χ4v) is 5.09. The van der Waals surface area contributed by atoms with Crippen molar-refractivity contribution in [3.05, 3.63) is 33.8 Å². The molecule has 1 aromatic carbocycles. The van der Waals surface area contributed by atoms with Gasteiger partial charge in [-0.2, -0.15) is 0 Å². The predicted molar refractivity (Wildman–Crippen MR) is 76.3 cm³/mol. The van der Waals surface area contributed by atoms with Crippen molar-refractivity contribution < 1.29 is 28.7 Å². The van der Waals surface area contributed by atoms with Gasteiger partial charge in [0, 0.05) is 10.5 Å². The van der Waals surface area contributed by atoms with Crippen molar-refractivity contribution >= 4 is 31.1 Å². The summed E-state index contributed by atoms with van der Waals surface area (Å²) in [6, 6.07) is 5.21. The molecule has 7 nitrogen and oxygen atoms in total. The minimum atomic E-state index is -4.94. The number of hydrogen-bond acceptors (Lipinski definition) is 3. The van der Waals surface area contributed by atoms with Crippen LogP contribution in [0.4, 0.5) is 0 Å². The van der Waals surface area contributed by atoms with Gasteiger partial charge in [-0.05, 0) is 36.1 Å². The van der Waals surface area contributed by atoms with E-state index < -0.39 is 26.8 Å². The fraction of sp³-hybridized carbons (Fsp3) is 0.400. The first-order chi connectivity index (χ1) is 9.07. The minimum Gasteiger partial charge on any atom is -0.323 e. The molecule has 1 aromatic rings. The lowest BCUT2D eigenvalue weighted by Gasteiger charge is -2.24. The zero-order valence-corrected chi connectivity index (χ0v) is 13.6. The Hall–Kier alpha value is -0.0400. The average molecular weight is 386 g/mol. The topological polar surface area (TPSA) is 127 Å². The van der Waals surface area contributed by atoms with E-state index in [1.165, 1.54) is 0 Å². The highest BCUT2D eigenvalue weighted by Crippen LogP contribution is 2.58. The van der Waals surface area contributed by atoms with E-state index >= 15 is 0 Å². The molecule has 0 aromatic heterocycles. The van der Waals surface area contributed by atoms with E-state index in [-0.39, 0.29) is 0 Å². The van der Waals surface area contributed by atoms with Crippen LogP contribution in [0.15, 0.2) is 22.7 Å². The number of benzene rings is 1. The number of halogens is 1. The lowest BCUT2D eigenvalue weighted by molar-refractivity contribution is 0.320. The molecule has 10 heteroatoms. The Morgan fingerprint density at radius 3 is 2.20 bits per heavy atom. The predicted octanol–water partition coefficient (Wildman–Crippen LogP) is 1.14. The van der Waals surface area contributed by atoms with Crippen LogP contribution in [0.5, 0.6) is 0 Å². The Balaban J connectivity index is 2.16. The lowest BCUT2D eigenvalue weighted by atomic mass is 10.1. The molecule has 112 valence electrons. The molecule has 0 saturated heterocycles. The molecule has 2 rings (SSSR count).